The number of likely N-dealkylation sites (tertiary alicyclic amines) is 2. The van der Waals surface area contributed by atoms with Crippen molar-refractivity contribution in [3.05, 3.63) is 0 Å². The molecule has 0 bridgehead atoms. The minimum absolute atomic E-state index is 0.159. The molecule has 0 radical (unpaired) electrons. The summed E-state index contributed by atoms with van der Waals surface area (Å²) in [7, 11) is 0. The predicted octanol–water partition coefficient (Wildman–Crippen LogP) is 0.357. The van der Waals surface area contributed by atoms with Crippen LogP contribution in [0.15, 0.2) is 0 Å². The fraction of sp³-hybridized carbons (Fsp3) is 0.692. The van der Waals surface area contributed by atoms with Crippen molar-refractivity contribution in [2.45, 2.75) is 29.8 Å². The first-order valence-corrected chi connectivity index (χ1v) is 9.31. The van der Waals surface area contributed by atoms with E-state index in [1.165, 1.54) is 33.3 Å². The number of nitrogens with zero attached hydrogens (tertiary/aromatic N) is 2. The van der Waals surface area contributed by atoms with E-state index in [1.807, 2.05) is 12.5 Å². The van der Waals surface area contributed by atoms with Gasteiger partial charge in [0.25, 0.3) is 0 Å². The summed E-state index contributed by atoms with van der Waals surface area (Å²) in [4.78, 5) is 49.9. The maximum Gasteiger partial charge on any atom is 0.242 e. The van der Waals surface area contributed by atoms with Crippen LogP contribution < -0.4 is 0 Å². The van der Waals surface area contributed by atoms with Crippen LogP contribution in [0.1, 0.15) is 19.3 Å². The van der Waals surface area contributed by atoms with Crippen molar-refractivity contribution in [1.29, 1.82) is 0 Å². The summed E-state index contributed by atoms with van der Waals surface area (Å²) in [5.41, 5.74) is 0. The van der Waals surface area contributed by atoms with Crippen LogP contribution in [-0.4, -0.2) is 69.5 Å². The van der Waals surface area contributed by atoms with Gasteiger partial charge < -0.3 is 0 Å². The number of imide groups is 2. The molecule has 21 heavy (non-hydrogen) atoms. The van der Waals surface area contributed by atoms with Crippen LogP contribution in [0.2, 0.25) is 0 Å². The zero-order valence-electron chi connectivity index (χ0n) is 12.0. The Balaban J connectivity index is 1.85. The second kappa shape index (κ2) is 6.83. The van der Waals surface area contributed by atoms with E-state index in [9.17, 15) is 19.2 Å². The van der Waals surface area contributed by atoms with Gasteiger partial charge in [-0.2, -0.15) is 23.5 Å². The van der Waals surface area contributed by atoms with Gasteiger partial charge >= 0.3 is 0 Å². The van der Waals surface area contributed by atoms with Crippen LogP contribution >= 0.6 is 23.5 Å². The minimum Gasteiger partial charge on any atom is -0.282 e. The highest BCUT2D eigenvalue weighted by molar-refractivity contribution is 8.00. The number of thioether (sulfide) groups is 2. The number of hydrogen-bond donors (Lipinski definition) is 0. The first kappa shape index (κ1) is 16.4. The Kier molecular flexibility index (Phi) is 5.32. The number of rotatable bonds is 6. The molecule has 2 saturated heterocycles. The van der Waals surface area contributed by atoms with E-state index in [0.29, 0.717) is 6.42 Å². The van der Waals surface area contributed by atoms with Crippen molar-refractivity contribution >= 4 is 47.2 Å². The van der Waals surface area contributed by atoms with Crippen LogP contribution in [0.3, 0.4) is 0 Å². The lowest BCUT2D eigenvalue weighted by molar-refractivity contribution is -0.138. The number of hydrogen-bond acceptors (Lipinski definition) is 6. The van der Waals surface area contributed by atoms with Crippen molar-refractivity contribution in [3.8, 4) is 0 Å². The molecule has 0 saturated carbocycles. The highest BCUT2D eigenvalue weighted by Gasteiger charge is 2.39. The molecular weight excluding hydrogens is 312 g/mol. The maximum absolute atomic E-state index is 11.9. The summed E-state index contributed by atoms with van der Waals surface area (Å²) in [5.74, 6) is -0.650. The third-order valence-electron chi connectivity index (χ3n) is 3.74. The van der Waals surface area contributed by atoms with E-state index in [1.54, 1.807) is 0 Å². The zero-order chi connectivity index (χ0) is 15.6. The Morgan fingerprint density at radius 1 is 0.857 bits per heavy atom. The second-order valence-electron chi connectivity index (χ2n) is 4.98. The average molecular weight is 330 g/mol. The van der Waals surface area contributed by atoms with E-state index in [2.05, 4.69) is 0 Å². The van der Waals surface area contributed by atoms with Gasteiger partial charge in [-0.3, -0.25) is 29.0 Å². The fourth-order valence-electron chi connectivity index (χ4n) is 2.53. The Morgan fingerprint density at radius 2 is 1.24 bits per heavy atom. The summed E-state index contributed by atoms with van der Waals surface area (Å²) < 4.78 is 0. The summed E-state index contributed by atoms with van der Waals surface area (Å²) in [5, 5.41) is -0.568. The lowest BCUT2D eigenvalue weighted by Gasteiger charge is -2.18. The van der Waals surface area contributed by atoms with Crippen molar-refractivity contribution in [2.75, 3.05) is 25.6 Å². The molecule has 2 aliphatic rings. The van der Waals surface area contributed by atoms with Crippen LogP contribution in [0.25, 0.3) is 0 Å². The molecule has 0 aliphatic carbocycles. The van der Waals surface area contributed by atoms with Crippen LogP contribution in [0.4, 0.5) is 0 Å². The largest absolute Gasteiger partial charge is 0.282 e. The topological polar surface area (TPSA) is 74.8 Å². The highest BCUT2D eigenvalue weighted by atomic mass is 32.2. The first-order valence-electron chi connectivity index (χ1n) is 6.73. The Bertz CT molecular complexity index is 441. The molecule has 2 rings (SSSR count). The van der Waals surface area contributed by atoms with Gasteiger partial charge in [0.15, 0.2) is 0 Å². The minimum atomic E-state index is -0.284. The van der Waals surface area contributed by atoms with E-state index in [-0.39, 0.29) is 60.1 Å². The van der Waals surface area contributed by atoms with Gasteiger partial charge in [0.1, 0.15) is 0 Å². The average Bonchev–Trinajstić information content (AvgIpc) is 2.89. The molecule has 2 fully saturated rings. The molecule has 8 heteroatoms. The van der Waals surface area contributed by atoms with E-state index >= 15 is 0 Å². The van der Waals surface area contributed by atoms with Gasteiger partial charge in [0.2, 0.25) is 23.6 Å². The number of carbonyl (C=O) groups excluding carboxylic acids is 4. The molecule has 116 valence electrons. The van der Waals surface area contributed by atoms with Crippen LogP contribution in [0.5, 0.6) is 0 Å². The van der Waals surface area contributed by atoms with Gasteiger partial charge in [0, 0.05) is 25.9 Å². The Hall–Kier alpha value is -1.02. The molecule has 2 atom stereocenters. The van der Waals surface area contributed by atoms with Crippen molar-refractivity contribution in [2.24, 2.45) is 0 Å². The molecule has 4 amide bonds. The summed E-state index contributed by atoms with van der Waals surface area (Å²) >= 11 is 2.75. The summed E-state index contributed by atoms with van der Waals surface area (Å²) in [6, 6.07) is 0. The normalized spacial score (nSPS) is 26.4. The van der Waals surface area contributed by atoms with Crippen LogP contribution in [-0.2, 0) is 19.2 Å². The van der Waals surface area contributed by atoms with Gasteiger partial charge in [-0.15, -0.1) is 0 Å². The molecule has 6 nitrogen and oxygen atoms in total. The van der Waals surface area contributed by atoms with Gasteiger partial charge in [-0.05, 0) is 18.9 Å². The molecule has 0 aromatic carbocycles. The van der Waals surface area contributed by atoms with Gasteiger partial charge in [0.05, 0.1) is 10.5 Å². The van der Waals surface area contributed by atoms with E-state index in [4.69, 9.17) is 0 Å². The first-order chi connectivity index (χ1) is 9.99. The maximum atomic E-state index is 11.9. The molecule has 0 spiro atoms. The molecule has 0 aromatic rings. The predicted molar refractivity (Wildman–Crippen MR) is 81.9 cm³/mol. The lowest BCUT2D eigenvalue weighted by atomic mass is 10.3. The monoisotopic (exact) mass is 330 g/mol. The molecule has 0 N–H and O–H groups in total. The zero-order valence-corrected chi connectivity index (χ0v) is 13.7. The summed E-state index contributed by atoms with van der Waals surface area (Å²) in [6.07, 6.45) is 4.55. The number of amides is 4. The highest BCUT2D eigenvalue weighted by Crippen LogP contribution is 2.25. The van der Waals surface area contributed by atoms with Crippen molar-refractivity contribution < 1.29 is 19.2 Å². The van der Waals surface area contributed by atoms with Crippen LogP contribution in [0, 0.1) is 0 Å². The summed E-state index contributed by atoms with van der Waals surface area (Å²) in [6.45, 7) is 0.547. The third kappa shape index (κ3) is 3.26. The van der Waals surface area contributed by atoms with E-state index in [0.717, 1.165) is 0 Å². The molecule has 2 aliphatic heterocycles. The molecule has 0 aromatic heterocycles. The van der Waals surface area contributed by atoms with Gasteiger partial charge in [-0.25, -0.2) is 0 Å². The molecular formula is C13H18N2O4S2. The smallest absolute Gasteiger partial charge is 0.242 e. The number of carbonyl (C=O) groups is 4. The van der Waals surface area contributed by atoms with E-state index < -0.39 is 0 Å². The third-order valence-corrected chi connectivity index (χ3v) is 5.61. The quantitative estimate of drug-likeness (QED) is 0.655. The Morgan fingerprint density at radius 3 is 1.52 bits per heavy atom. The molecule has 2 heterocycles. The Labute approximate surface area is 132 Å². The fourth-order valence-corrected chi connectivity index (χ4v) is 3.81. The molecule has 2 unspecified atom stereocenters. The SMILES string of the molecule is CSC1CC(=O)N(CCCN2C(=O)CC(SC)C2=O)C1=O. The standard InChI is InChI=1S/C13H18N2O4S2/c1-20-8-6-10(16)14(12(8)18)4-3-5-15-11(17)7-9(21-2)13(15)19/h8-9H,3-7H2,1-2H3. The lowest BCUT2D eigenvalue weighted by Crippen LogP contribution is -2.37. The van der Waals surface area contributed by atoms with Crippen molar-refractivity contribution in [3.63, 3.8) is 0 Å². The second-order valence-corrected chi connectivity index (χ2v) is 7.06. The van der Waals surface area contributed by atoms with Gasteiger partial charge in [-0.1, -0.05) is 0 Å². The van der Waals surface area contributed by atoms with Crippen molar-refractivity contribution in [1.82, 2.24) is 9.80 Å².